The summed E-state index contributed by atoms with van der Waals surface area (Å²) in [6.07, 6.45) is -21.5. The summed E-state index contributed by atoms with van der Waals surface area (Å²) in [6, 6.07) is 0. The van der Waals surface area contributed by atoms with Gasteiger partial charge in [-0.25, -0.2) is 35.1 Å². The van der Waals surface area contributed by atoms with Gasteiger partial charge >= 0.3 is 0 Å². The smallest absolute Gasteiger partial charge is 0.270 e. The molecule has 0 fully saturated rings. The second kappa shape index (κ2) is 9.08. The Labute approximate surface area is 129 Å². The lowest BCUT2D eigenvalue weighted by Gasteiger charge is -2.30. The molecule has 2 nitrogen and oxygen atoms in total. The predicted octanol–water partition coefficient (Wildman–Crippen LogP) is 5.46. The maximum Gasteiger partial charge on any atom is 0.270 e. The Balaban J connectivity index is 5.13. The number of hydrogen-bond donors (Lipinski definition) is 0. The van der Waals surface area contributed by atoms with E-state index < -0.39 is 49.8 Å². The van der Waals surface area contributed by atoms with Gasteiger partial charge in [0.25, 0.3) is 29.2 Å². The van der Waals surface area contributed by atoms with Crippen LogP contribution in [-0.4, -0.2) is 41.4 Å². The zero-order valence-corrected chi connectivity index (χ0v) is 12.5. The molecule has 0 saturated carbocycles. The molecular weight excluding hydrogens is 405 g/mol. The maximum atomic E-state index is 12.3. The van der Waals surface area contributed by atoms with E-state index >= 15 is 0 Å². The van der Waals surface area contributed by atoms with Crippen molar-refractivity contribution in [1.82, 2.24) is 0 Å². The third-order valence-electron chi connectivity index (χ3n) is 1.64. The van der Waals surface area contributed by atoms with Crippen molar-refractivity contribution < 1.29 is 44.2 Å². The molecule has 0 bridgehead atoms. The van der Waals surface area contributed by atoms with Gasteiger partial charge in [-0.3, -0.25) is 0 Å². The van der Waals surface area contributed by atoms with Crippen molar-refractivity contribution in [1.29, 1.82) is 0 Å². The normalized spacial score (nSPS) is 14.0. The Morgan fingerprint density at radius 3 is 1.00 bits per heavy atom. The number of halogens is 11. The molecule has 0 aromatic carbocycles. The minimum Gasteiger partial charge on any atom is -0.316 e. The molecule has 0 rings (SSSR count). The predicted molar refractivity (Wildman–Crippen MR) is 61.0 cm³/mol. The Hall–Kier alpha value is 0.660. The minimum atomic E-state index is -3.79. The summed E-state index contributed by atoms with van der Waals surface area (Å²) in [5, 5.41) is 0. The SMILES string of the molecule is FC(F)C(OP(OC(C(F)F)C(F)F)C(Cl)(Cl)Cl)C(F)F. The monoisotopic (exact) mass is 410 g/mol. The molecule has 0 N–H and O–H groups in total. The summed E-state index contributed by atoms with van der Waals surface area (Å²) < 4.78 is 103. The van der Waals surface area contributed by atoms with Crippen LogP contribution in [0, 0.1) is 0 Å². The molecule has 14 heteroatoms. The molecule has 0 aromatic rings. The molecule has 0 aliphatic heterocycles. The average molecular weight is 411 g/mol. The van der Waals surface area contributed by atoms with Crippen molar-refractivity contribution in [3.05, 3.63) is 0 Å². The van der Waals surface area contributed by atoms with E-state index in [0.29, 0.717) is 0 Å². The fourth-order valence-electron chi connectivity index (χ4n) is 0.769. The van der Waals surface area contributed by atoms with Crippen molar-refractivity contribution in [3.63, 3.8) is 0 Å². The van der Waals surface area contributed by atoms with Crippen LogP contribution in [-0.2, 0) is 9.05 Å². The van der Waals surface area contributed by atoms with Gasteiger partial charge in [-0.05, 0) is 0 Å². The van der Waals surface area contributed by atoms with E-state index in [9.17, 15) is 35.1 Å². The summed E-state index contributed by atoms with van der Waals surface area (Å²) >= 11 is 15.4. The Kier molecular flexibility index (Phi) is 9.36. The van der Waals surface area contributed by atoms with Crippen LogP contribution in [0.2, 0.25) is 0 Å². The molecule has 21 heavy (non-hydrogen) atoms. The largest absolute Gasteiger partial charge is 0.316 e. The number of rotatable bonds is 8. The van der Waals surface area contributed by atoms with E-state index in [2.05, 4.69) is 9.05 Å². The summed E-state index contributed by atoms with van der Waals surface area (Å²) in [6.45, 7) is 0. The van der Waals surface area contributed by atoms with Crippen LogP contribution in [0.15, 0.2) is 0 Å². The zero-order valence-electron chi connectivity index (χ0n) is 9.39. The fraction of sp³-hybridized carbons (Fsp3) is 1.00. The highest BCUT2D eigenvalue weighted by Crippen LogP contribution is 2.62. The number of alkyl halides is 11. The quantitative estimate of drug-likeness (QED) is 0.300. The fourth-order valence-corrected chi connectivity index (χ4v) is 2.59. The molecular formula is C7H6Cl3F8O2P. The highest BCUT2D eigenvalue weighted by atomic mass is 35.6. The third-order valence-corrected chi connectivity index (χ3v) is 4.16. The van der Waals surface area contributed by atoms with Gasteiger partial charge in [-0.1, -0.05) is 34.8 Å². The molecule has 0 aromatic heterocycles. The molecule has 0 saturated heterocycles. The first kappa shape index (κ1) is 21.7. The van der Waals surface area contributed by atoms with Gasteiger partial charge in [0.2, 0.25) is 8.38 Å². The Morgan fingerprint density at radius 2 is 0.857 bits per heavy atom. The van der Waals surface area contributed by atoms with E-state index in [1.165, 1.54) is 0 Å². The second-order valence-electron chi connectivity index (χ2n) is 3.20. The van der Waals surface area contributed by atoms with Gasteiger partial charge in [0.15, 0.2) is 12.2 Å². The van der Waals surface area contributed by atoms with E-state index in [1.807, 2.05) is 0 Å². The van der Waals surface area contributed by atoms with Crippen LogP contribution in [0.4, 0.5) is 35.1 Å². The van der Waals surface area contributed by atoms with Gasteiger partial charge in [0, 0.05) is 0 Å². The second-order valence-corrected chi connectivity index (χ2v) is 7.88. The van der Waals surface area contributed by atoms with Crippen LogP contribution in [0.5, 0.6) is 0 Å². The molecule has 0 unspecified atom stereocenters. The maximum absolute atomic E-state index is 12.3. The lowest BCUT2D eigenvalue weighted by molar-refractivity contribution is -0.0995. The van der Waals surface area contributed by atoms with Gasteiger partial charge in [-0.2, -0.15) is 0 Å². The molecule has 0 spiro atoms. The van der Waals surface area contributed by atoms with Gasteiger partial charge in [-0.15, -0.1) is 0 Å². The van der Waals surface area contributed by atoms with Crippen molar-refractivity contribution in [2.75, 3.05) is 0 Å². The minimum absolute atomic E-state index is 2.88. The molecule has 128 valence electrons. The molecule has 0 aliphatic carbocycles. The molecule has 0 heterocycles. The van der Waals surface area contributed by atoms with Crippen molar-refractivity contribution in [2.45, 2.75) is 41.4 Å². The lowest BCUT2D eigenvalue weighted by Crippen LogP contribution is -2.34. The zero-order chi connectivity index (χ0) is 17.0. The molecule has 0 amide bonds. The topological polar surface area (TPSA) is 18.5 Å². The van der Waals surface area contributed by atoms with E-state index in [4.69, 9.17) is 34.8 Å². The molecule has 0 aliphatic rings. The lowest BCUT2D eigenvalue weighted by atomic mass is 10.4. The third kappa shape index (κ3) is 7.65. The highest BCUT2D eigenvalue weighted by molar-refractivity contribution is 7.57. The van der Waals surface area contributed by atoms with Crippen LogP contribution in [0.3, 0.4) is 0 Å². The average Bonchev–Trinajstić information content (AvgIpc) is 2.24. The van der Waals surface area contributed by atoms with E-state index in [0.717, 1.165) is 0 Å². The number of hydrogen-bond acceptors (Lipinski definition) is 2. The van der Waals surface area contributed by atoms with Gasteiger partial charge < -0.3 is 9.05 Å². The van der Waals surface area contributed by atoms with Crippen LogP contribution in [0.1, 0.15) is 0 Å². The van der Waals surface area contributed by atoms with Crippen molar-refractivity contribution in [2.24, 2.45) is 0 Å². The van der Waals surface area contributed by atoms with Crippen LogP contribution >= 0.6 is 43.2 Å². The van der Waals surface area contributed by atoms with E-state index in [-0.39, 0.29) is 0 Å². The first-order valence-corrected chi connectivity index (χ1v) is 7.02. The van der Waals surface area contributed by atoms with Crippen molar-refractivity contribution >= 4 is 43.2 Å². The highest BCUT2D eigenvalue weighted by Gasteiger charge is 2.47. The van der Waals surface area contributed by atoms with Gasteiger partial charge in [0.05, 0.1) is 0 Å². The molecule has 0 radical (unpaired) electrons. The van der Waals surface area contributed by atoms with Gasteiger partial charge in [0.1, 0.15) is 0 Å². The Morgan fingerprint density at radius 1 is 0.619 bits per heavy atom. The van der Waals surface area contributed by atoms with Crippen LogP contribution in [0.25, 0.3) is 0 Å². The summed E-state index contributed by atoms with van der Waals surface area (Å²) in [7, 11) is -3.53. The summed E-state index contributed by atoms with van der Waals surface area (Å²) in [5.74, 6) is 0. The first-order chi connectivity index (χ1) is 9.37. The van der Waals surface area contributed by atoms with Crippen molar-refractivity contribution in [3.8, 4) is 0 Å². The summed E-state index contributed by atoms with van der Waals surface area (Å²) in [5.41, 5.74) is 0. The molecule has 0 atom stereocenters. The first-order valence-electron chi connectivity index (χ1n) is 4.71. The summed E-state index contributed by atoms with van der Waals surface area (Å²) in [4.78, 5) is 0. The Bertz CT molecular complexity index is 268. The standard InChI is InChI=1S/C7H6Cl3F8O2P/c8-7(9,10)21(19-1(3(11)12)4(13)14)20-2(5(15)16)6(17)18/h1-6H. The van der Waals surface area contributed by atoms with Crippen LogP contribution < -0.4 is 0 Å². The van der Waals surface area contributed by atoms with E-state index in [1.54, 1.807) is 0 Å².